The molecule has 1 aromatic carbocycles. The molecule has 5 nitrogen and oxygen atoms in total. The number of benzene rings is 1. The van der Waals surface area contributed by atoms with Crippen LogP contribution >= 0.6 is 0 Å². The molecule has 1 fully saturated rings. The number of nitrogens with two attached hydrogens (primary N) is 1. The maximum absolute atomic E-state index is 12.4. The summed E-state index contributed by atoms with van der Waals surface area (Å²) in [4.78, 5) is 12.4. The second kappa shape index (κ2) is 7.31. The molecular formula is C16H24N2O3. The molecule has 0 heterocycles. The van der Waals surface area contributed by atoms with Gasteiger partial charge < -0.3 is 20.5 Å². The molecule has 0 spiro atoms. The molecule has 1 aromatic rings. The third-order valence-corrected chi connectivity index (χ3v) is 4.14. The van der Waals surface area contributed by atoms with Gasteiger partial charge >= 0.3 is 0 Å². The number of nitrogens with one attached hydrogen (secondary N) is 1. The maximum Gasteiger partial charge on any atom is 0.255 e. The Hall–Kier alpha value is -1.75. The summed E-state index contributed by atoms with van der Waals surface area (Å²) in [6, 6.07) is 5.38. The minimum Gasteiger partial charge on any atom is -0.497 e. The Morgan fingerprint density at radius 1 is 1.29 bits per heavy atom. The van der Waals surface area contributed by atoms with Crippen LogP contribution in [0, 0.1) is 5.92 Å². The third-order valence-electron chi connectivity index (χ3n) is 4.14. The lowest BCUT2D eigenvalue weighted by molar-refractivity contribution is 0.0938. The van der Waals surface area contributed by atoms with Crippen molar-refractivity contribution in [1.82, 2.24) is 5.32 Å². The van der Waals surface area contributed by atoms with E-state index in [0.717, 1.165) is 12.8 Å². The van der Waals surface area contributed by atoms with Crippen LogP contribution < -0.4 is 20.5 Å². The molecule has 0 saturated heterocycles. The molecule has 0 radical (unpaired) electrons. The average Bonchev–Trinajstić information content (AvgIpc) is 2.53. The predicted octanol–water partition coefficient (Wildman–Crippen LogP) is 1.95. The summed E-state index contributed by atoms with van der Waals surface area (Å²) in [5.74, 6) is 1.39. The number of carbonyl (C=O) groups excluding carboxylic acids is 1. The Labute approximate surface area is 125 Å². The number of methoxy groups -OCH3 is 2. The highest BCUT2D eigenvalue weighted by Gasteiger charge is 2.23. The van der Waals surface area contributed by atoms with Gasteiger partial charge in [0.2, 0.25) is 0 Å². The van der Waals surface area contributed by atoms with E-state index >= 15 is 0 Å². The maximum atomic E-state index is 12.4. The topological polar surface area (TPSA) is 73.6 Å². The van der Waals surface area contributed by atoms with E-state index in [0.29, 0.717) is 29.5 Å². The van der Waals surface area contributed by atoms with E-state index in [1.165, 1.54) is 12.8 Å². The molecule has 0 bridgehead atoms. The first kappa shape index (κ1) is 15.6. The highest BCUT2D eigenvalue weighted by atomic mass is 16.5. The summed E-state index contributed by atoms with van der Waals surface area (Å²) in [5, 5.41) is 2.97. The average molecular weight is 292 g/mol. The van der Waals surface area contributed by atoms with Crippen LogP contribution in [0.4, 0.5) is 0 Å². The molecule has 2 rings (SSSR count). The number of rotatable bonds is 5. The van der Waals surface area contributed by atoms with Crippen LogP contribution in [0.15, 0.2) is 18.2 Å². The Bertz CT molecular complexity index is 490. The van der Waals surface area contributed by atoms with Gasteiger partial charge in [-0.25, -0.2) is 0 Å². The molecule has 1 saturated carbocycles. The summed E-state index contributed by atoms with van der Waals surface area (Å²) in [6.07, 6.45) is 4.51. The standard InChI is InChI=1S/C16H24N2O3/c1-20-12-7-8-15(21-2)13(9-12)16(19)18-10-11-5-3-4-6-14(11)17/h7-9,11,14H,3-6,10,17H2,1-2H3,(H,18,19). The Balaban J connectivity index is 2.02. The smallest absolute Gasteiger partial charge is 0.255 e. The first-order valence-electron chi connectivity index (χ1n) is 7.41. The molecule has 2 atom stereocenters. The van der Waals surface area contributed by atoms with Gasteiger partial charge in [-0.1, -0.05) is 12.8 Å². The summed E-state index contributed by atoms with van der Waals surface area (Å²) in [6.45, 7) is 0.611. The van der Waals surface area contributed by atoms with E-state index in [4.69, 9.17) is 15.2 Å². The van der Waals surface area contributed by atoms with Crippen LogP contribution in [-0.4, -0.2) is 32.7 Å². The molecular weight excluding hydrogens is 268 g/mol. The second-order valence-corrected chi connectivity index (χ2v) is 5.48. The zero-order valence-corrected chi connectivity index (χ0v) is 12.7. The van der Waals surface area contributed by atoms with Crippen LogP contribution in [-0.2, 0) is 0 Å². The van der Waals surface area contributed by atoms with Crippen molar-refractivity contribution in [1.29, 1.82) is 0 Å². The van der Waals surface area contributed by atoms with Gasteiger partial charge in [-0.2, -0.15) is 0 Å². The molecule has 116 valence electrons. The van der Waals surface area contributed by atoms with Crippen molar-refractivity contribution >= 4 is 5.91 Å². The van der Waals surface area contributed by atoms with Gasteiger partial charge in [0.15, 0.2) is 0 Å². The Morgan fingerprint density at radius 3 is 2.71 bits per heavy atom. The minimum absolute atomic E-state index is 0.150. The first-order valence-corrected chi connectivity index (χ1v) is 7.41. The largest absolute Gasteiger partial charge is 0.497 e. The van der Waals surface area contributed by atoms with Crippen LogP contribution in [0.5, 0.6) is 11.5 Å². The number of hydrogen-bond donors (Lipinski definition) is 2. The van der Waals surface area contributed by atoms with E-state index in [2.05, 4.69) is 5.32 Å². The molecule has 5 heteroatoms. The van der Waals surface area contributed by atoms with E-state index in [1.54, 1.807) is 32.4 Å². The van der Waals surface area contributed by atoms with Gasteiger partial charge in [-0.05, 0) is 37.0 Å². The van der Waals surface area contributed by atoms with Gasteiger partial charge in [0, 0.05) is 12.6 Å². The summed E-state index contributed by atoms with van der Waals surface area (Å²) < 4.78 is 10.4. The molecule has 3 N–H and O–H groups in total. The van der Waals surface area contributed by atoms with Crippen molar-refractivity contribution in [2.75, 3.05) is 20.8 Å². The van der Waals surface area contributed by atoms with Gasteiger partial charge in [0.1, 0.15) is 11.5 Å². The molecule has 2 unspecified atom stereocenters. The van der Waals surface area contributed by atoms with E-state index < -0.39 is 0 Å². The summed E-state index contributed by atoms with van der Waals surface area (Å²) in [5.41, 5.74) is 6.60. The molecule has 0 aliphatic heterocycles. The monoisotopic (exact) mass is 292 g/mol. The predicted molar refractivity (Wildman–Crippen MR) is 81.8 cm³/mol. The highest BCUT2D eigenvalue weighted by Crippen LogP contribution is 2.25. The zero-order chi connectivity index (χ0) is 15.2. The lowest BCUT2D eigenvalue weighted by atomic mass is 9.85. The fraction of sp³-hybridized carbons (Fsp3) is 0.562. The van der Waals surface area contributed by atoms with E-state index in [9.17, 15) is 4.79 Å². The second-order valence-electron chi connectivity index (χ2n) is 5.48. The van der Waals surface area contributed by atoms with Crippen LogP contribution in [0.25, 0.3) is 0 Å². The highest BCUT2D eigenvalue weighted by molar-refractivity contribution is 5.97. The van der Waals surface area contributed by atoms with Crippen molar-refractivity contribution in [3.63, 3.8) is 0 Å². The van der Waals surface area contributed by atoms with Gasteiger partial charge in [0.25, 0.3) is 5.91 Å². The van der Waals surface area contributed by atoms with Crippen molar-refractivity contribution in [3.05, 3.63) is 23.8 Å². The van der Waals surface area contributed by atoms with Crippen molar-refractivity contribution in [2.45, 2.75) is 31.7 Å². The molecule has 1 amide bonds. The Kier molecular flexibility index (Phi) is 5.44. The first-order chi connectivity index (χ1) is 10.2. The Morgan fingerprint density at radius 2 is 2.05 bits per heavy atom. The fourth-order valence-corrected chi connectivity index (χ4v) is 2.80. The van der Waals surface area contributed by atoms with Crippen LogP contribution in [0.1, 0.15) is 36.0 Å². The van der Waals surface area contributed by atoms with Crippen LogP contribution in [0.2, 0.25) is 0 Å². The lowest BCUT2D eigenvalue weighted by Gasteiger charge is -2.28. The normalized spacial score (nSPS) is 21.7. The molecule has 21 heavy (non-hydrogen) atoms. The zero-order valence-electron chi connectivity index (χ0n) is 12.7. The van der Waals surface area contributed by atoms with Crippen molar-refractivity contribution in [2.24, 2.45) is 11.7 Å². The summed E-state index contributed by atoms with van der Waals surface area (Å²) >= 11 is 0. The van der Waals surface area contributed by atoms with E-state index in [1.807, 2.05) is 0 Å². The van der Waals surface area contributed by atoms with E-state index in [-0.39, 0.29) is 11.9 Å². The van der Waals surface area contributed by atoms with Gasteiger partial charge in [-0.15, -0.1) is 0 Å². The third kappa shape index (κ3) is 3.88. The van der Waals surface area contributed by atoms with Gasteiger partial charge in [0.05, 0.1) is 19.8 Å². The number of ether oxygens (including phenoxy) is 2. The number of amides is 1. The van der Waals surface area contributed by atoms with Gasteiger partial charge in [-0.3, -0.25) is 4.79 Å². The number of carbonyl (C=O) groups is 1. The molecule has 1 aliphatic carbocycles. The van der Waals surface area contributed by atoms with Crippen molar-refractivity contribution in [3.8, 4) is 11.5 Å². The molecule has 0 aromatic heterocycles. The quantitative estimate of drug-likeness (QED) is 0.870. The lowest BCUT2D eigenvalue weighted by Crippen LogP contribution is -2.41. The summed E-state index contributed by atoms with van der Waals surface area (Å²) in [7, 11) is 3.13. The van der Waals surface area contributed by atoms with Crippen LogP contribution in [0.3, 0.4) is 0 Å². The molecule has 1 aliphatic rings. The van der Waals surface area contributed by atoms with Crippen molar-refractivity contribution < 1.29 is 14.3 Å². The SMILES string of the molecule is COc1ccc(OC)c(C(=O)NCC2CCCCC2N)c1. The minimum atomic E-state index is -0.150. The number of hydrogen-bond acceptors (Lipinski definition) is 4. The fourth-order valence-electron chi connectivity index (χ4n) is 2.80.